The lowest BCUT2D eigenvalue weighted by Gasteiger charge is -2.27. The maximum Gasteiger partial charge on any atom is 0.193 e. The van der Waals surface area contributed by atoms with Crippen LogP contribution in [-0.4, -0.2) is 60.9 Å². The Labute approximate surface area is 178 Å². The number of nitrogens with zero attached hydrogens (tertiary/aromatic N) is 3. The summed E-state index contributed by atoms with van der Waals surface area (Å²) in [4.78, 5) is 13.8. The van der Waals surface area contributed by atoms with Crippen molar-refractivity contribution in [1.29, 1.82) is 0 Å². The van der Waals surface area contributed by atoms with Crippen molar-refractivity contribution < 1.29 is 8.42 Å². The van der Waals surface area contributed by atoms with E-state index in [1.807, 2.05) is 48.5 Å². The first kappa shape index (κ1) is 23.4. The molecule has 2 aromatic rings. The van der Waals surface area contributed by atoms with Crippen LogP contribution in [0.2, 0.25) is 0 Å². The molecule has 0 aliphatic heterocycles. The fourth-order valence-corrected chi connectivity index (χ4v) is 2.65. The number of aromatic amines is 1. The highest BCUT2D eigenvalue weighted by Crippen LogP contribution is 2.17. The monoisotopic (exact) mass is 505 g/mol. The Balaban J connectivity index is 0.00000364. The first-order valence-corrected chi connectivity index (χ1v) is 10.2. The van der Waals surface area contributed by atoms with Gasteiger partial charge in [-0.25, -0.2) is 13.4 Å². The van der Waals surface area contributed by atoms with Gasteiger partial charge in [0, 0.05) is 26.9 Å². The lowest BCUT2D eigenvalue weighted by molar-refractivity contribution is 0.456. The van der Waals surface area contributed by atoms with E-state index in [2.05, 4.69) is 20.3 Å². The second kappa shape index (κ2) is 9.54. The molecule has 0 saturated heterocycles. The minimum Gasteiger partial charge on any atom is -0.355 e. The van der Waals surface area contributed by atoms with Crippen LogP contribution in [0.4, 0.5) is 0 Å². The minimum atomic E-state index is -3.17. The zero-order valence-electron chi connectivity index (χ0n) is 16.4. The molecule has 1 heterocycles. The molecule has 0 aliphatic rings. The molecule has 150 valence electrons. The molecule has 7 nitrogen and oxygen atoms in total. The highest BCUT2D eigenvalue weighted by atomic mass is 127. The van der Waals surface area contributed by atoms with E-state index >= 15 is 0 Å². The van der Waals surface area contributed by atoms with Crippen LogP contribution in [0.25, 0.3) is 11.3 Å². The van der Waals surface area contributed by atoms with E-state index < -0.39 is 14.6 Å². The van der Waals surface area contributed by atoms with Crippen LogP contribution in [0.15, 0.2) is 41.5 Å². The third-order valence-corrected chi connectivity index (χ3v) is 6.50. The molecular weight excluding hydrogens is 477 g/mol. The van der Waals surface area contributed by atoms with Crippen molar-refractivity contribution in [3.8, 4) is 11.3 Å². The van der Waals surface area contributed by atoms with E-state index in [9.17, 15) is 8.42 Å². The number of rotatable bonds is 6. The summed E-state index contributed by atoms with van der Waals surface area (Å²) >= 11 is 0. The Morgan fingerprint density at radius 3 is 2.48 bits per heavy atom. The summed E-state index contributed by atoms with van der Waals surface area (Å²) in [5.74, 6) is 1.41. The van der Waals surface area contributed by atoms with Crippen LogP contribution in [0.5, 0.6) is 0 Å². The molecule has 0 saturated carbocycles. The molecule has 0 fully saturated rings. The zero-order valence-corrected chi connectivity index (χ0v) is 19.5. The number of benzene rings is 1. The molecule has 27 heavy (non-hydrogen) atoms. The lowest BCUT2D eigenvalue weighted by Crippen LogP contribution is -2.48. The van der Waals surface area contributed by atoms with Crippen LogP contribution in [0.1, 0.15) is 19.7 Å². The summed E-state index contributed by atoms with van der Waals surface area (Å²) in [6.07, 6.45) is 3.05. The van der Waals surface area contributed by atoms with Gasteiger partial charge in [0.2, 0.25) is 0 Å². The summed E-state index contributed by atoms with van der Waals surface area (Å²) in [6.45, 7) is 4.19. The zero-order chi connectivity index (χ0) is 19.4. The number of hydrogen-bond donors (Lipinski definition) is 2. The van der Waals surface area contributed by atoms with Gasteiger partial charge in [-0.05, 0) is 19.4 Å². The third kappa shape index (κ3) is 6.20. The third-order valence-electron chi connectivity index (χ3n) is 4.35. The van der Waals surface area contributed by atoms with Gasteiger partial charge in [0.15, 0.2) is 15.8 Å². The van der Waals surface area contributed by atoms with Crippen LogP contribution >= 0.6 is 24.0 Å². The smallest absolute Gasteiger partial charge is 0.193 e. The van der Waals surface area contributed by atoms with Gasteiger partial charge < -0.3 is 15.2 Å². The second-order valence-corrected chi connectivity index (χ2v) is 9.55. The average Bonchev–Trinajstić information content (AvgIpc) is 3.03. The minimum absolute atomic E-state index is 0. The van der Waals surface area contributed by atoms with E-state index in [1.165, 1.54) is 6.26 Å². The lowest BCUT2D eigenvalue weighted by atomic mass is 10.2. The Bertz CT molecular complexity index is 863. The van der Waals surface area contributed by atoms with Gasteiger partial charge in [0.05, 0.1) is 23.2 Å². The number of aliphatic imine (C=N–C) groups is 1. The number of guanidine groups is 1. The fourth-order valence-electron chi connectivity index (χ4n) is 2.31. The molecule has 0 radical (unpaired) electrons. The number of imidazole rings is 1. The molecule has 1 aromatic heterocycles. The van der Waals surface area contributed by atoms with Gasteiger partial charge in [0.1, 0.15) is 5.82 Å². The standard InChI is InChI=1S/C18H27N5O2S.HI/c1-18(2,26(5,24)25)13-21-17(19-3)23(4)12-16-20-11-15(22-16)14-9-7-6-8-10-14;/h6-11H,12-13H2,1-5H3,(H,19,21)(H,20,22);1H. The number of nitrogens with one attached hydrogen (secondary N) is 2. The maximum absolute atomic E-state index is 11.8. The Morgan fingerprint density at radius 1 is 1.30 bits per heavy atom. The number of sulfone groups is 1. The van der Waals surface area contributed by atoms with Gasteiger partial charge >= 0.3 is 0 Å². The van der Waals surface area contributed by atoms with E-state index in [0.29, 0.717) is 12.5 Å². The largest absolute Gasteiger partial charge is 0.355 e. The molecule has 9 heteroatoms. The molecule has 0 bridgehead atoms. The summed E-state index contributed by atoms with van der Waals surface area (Å²) in [7, 11) is 0.380. The second-order valence-electron chi connectivity index (χ2n) is 6.90. The van der Waals surface area contributed by atoms with Gasteiger partial charge in [-0.2, -0.15) is 0 Å². The van der Waals surface area contributed by atoms with Gasteiger partial charge in [-0.15, -0.1) is 24.0 Å². The fraction of sp³-hybridized carbons (Fsp3) is 0.444. The normalized spacial score (nSPS) is 12.4. The predicted octanol–water partition coefficient (Wildman–Crippen LogP) is 2.53. The Kier molecular flexibility index (Phi) is 8.27. The van der Waals surface area contributed by atoms with Gasteiger partial charge in [-0.1, -0.05) is 30.3 Å². The Hall–Kier alpha value is -1.62. The molecular formula is C18H28IN5O2S. The number of H-pyrrole nitrogens is 1. The van der Waals surface area contributed by atoms with Crippen molar-refractivity contribution in [2.24, 2.45) is 4.99 Å². The summed E-state index contributed by atoms with van der Waals surface area (Å²) in [6, 6.07) is 9.99. The molecule has 0 atom stereocenters. The highest BCUT2D eigenvalue weighted by Gasteiger charge is 2.30. The molecule has 0 amide bonds. The van der Waals surface area contributed by atoms with Crippen molar-refractivity contribution in [1.82, 2.24) is 20.2 Å². The predicted molar refractivity (Wildman–Crippen MR) is 121 cm³/mol. The topological polar surface area (TPSA) is 90.4 Å². The Morgan fingerprint density at radius 2 is 1.93 bits per heavy atom. The van der Waals surface area contributed by atoms with Crippen molar-refractivity contribution in [3.05, 3.63) is 42.4 Å². The molecule has 1 aromatic carbocycles. The van der Waals surface area contributed by atoms with E-state index in [1.54, 1.807) is 20.9 Å². The van der Waals surface area contributed by atoms with E-state index in [-0.39, 0.29) is 30.5 Å². The molecule has 2 N–H and O–H groups in total. The average molecular weight is 505 g/mol. The van der Waals surface area contributed by atoms with Crippen LogP contribution in [0, 0.1) is 0 Å². The van der Waals surface area contributed by atoms with Crippen LogP contribution in [0.3, 0.4) is 0 Å². The first-order valence-electron chi connectivity index (χ1n) is 8.35. The summed E-state index contributed by atoms with van der Waals surface area (Å²) < 4.78 is 22.8. The SMILES string of the molecule is CN=C(NCC(C)(C)S(C)(=O)=O)N(C)Cc1ncc(-c2ccccc2)[nH]1.I. The highest BCUT2D eigenvalue weighted by molar-refractivity contribution is 14.0. The van der Waals surface area contributed by atoms with Crippen molar-refractivity contribution in [3.63, 3.8) is 0 Å². The van der Waals surface area contributed by atoms with Crippen LogP contribution in [-0.2, 0) is 16.4 Å². The summed E-state index contributed by atoms with van der Waals surface area (Å²) in [5.41, 5.74) is 2.03. The van der Waals surface area contributed by atoms with Crippen molar-refractivity contribution in [2.45, 2.75) is 25.1 Å². The first-order chi connectivity index (χ1) is 12.1. The maximum atomic E-state index is 11.8. The van der Waals surface area contributed by atoms with E-state index in [0.717, 1.165) is 17.1 Å². The van der Waals surface area contributed by atoms with Crippen molar-refractivity contribution >= 4 is 39.8 Å². The van der Waals surface area contributed by atoms with Crippen molar-refractivity contribution in [2.75, 3.05) is 26.9 Å². The van der Waals surface area contributed by atoms with E-state index in [4.69, 9.17) is 0 Å². The number of halogens is 1. The number of aromatic nitrogens is 2. The molecule has 0 aliphatic carbocycles. The molecule has 0 spiro atoms. The molecule has 2 rings (SSSR count). The molecule has 0 unspecified atom stereocenters. The summed E-state index contributed by atoms with van der Waals surface area (Å²) in [5, 5.41) is 3.13. The number of hydrogen-bond acceptors (Lipinski definition) is 4. The van der Waals surface area contributed by atoms with Gasteiger partial charge in [-0.3, -0.25) is 4.99 Å². The quantitative estimate of drug-likeness (QED) is 0.358. The van der Waals surface area contributed by atoms with Crippen LogP contribution < -0.4 is 5.32 Å². The van der Waals surface area contributed by atoms with Gasteiger partial charge in [0.25, 0.3) is 0 Å².